The number of ether oxygens (including phenoxy) is 1. The summed E-state index contributed by atoms with van der Waals surface area (Å²) in [5.41, 5.74) is 0.131. The smallest absolute Gasteiger partial charge is 0.339 e. The van der Waals surface area contributed by atoms with Crippen molar-refractivity contribution >= 4 is 17.6 Å². The number of benzene rings is 1. The Morgan fingerprint density at radius 3 is 2.89 bits per heavy atom. The molecule has 2 rings (SSSR count). The highest BCUT2D eigenvalue weighted by molar-refractivity contribution is 6.31. The Balaban J connectivity index is 2.22. The van der Waals surface area contributed by atoms with Crippen LogP contribution in [0.5, 0.6) is 5.75 Å². The largest absolute Gasteiger partial charge is 0.486 e. The molecule has 0 bridgehead atoms. The molecule has 6 heteroatoms. The molecule has 0 aliphatic heterocycles. The van der Waals surface area contributed by atoms with E-state index in [1.165, 1.54) is 36.7 Å². The van der Waals surface area contributed by atoms with Crippen LogP contribution in [0.15, 0.2) is 36.7 Å². The predicted octanol–water partition coefficient (Wildman–Crippen LogP) is 3.15. The van der Waals surface area contributed by atoms with Crippen molar-refractivity contribution in [2.45, 2.75) is 6.61 Å². The lowest BCUT2D eigenvalue weighted by molar-refractivity contribution is 0.0691. The lowest BCUT2D eigenvalue weighted by atomic mass is 10.2. The summed E-state index contributed by atoms with van der Waals surface area (Å²) < 4.78 is 18.8. The Morgan fingerprint density at radius 2 is 2.21 bits per heavy atom. The van der Waals surface area contributed by atoms with E-state index in [-0.39, 0.29) is 28.5 Å². The number of aromatic nitrogens is 1. The van der Waals surface area contributed by atoms with Crippen molar-refractivity contribution in [1.82, 2.24) is 4.98 Å². The standard InChI is InChI=1S/C13H9ClFNO3/c14-10-2-1-3-11(15)9(10)7-19-12-6-16-5-4-8(12)13(17)18/h1-6H,7H2,(H,17,18). The van der Waals surface area contributed by atoms with Gasteiger partial charge in [-0.1, -0.05) is 17.7 Å². The molecule has 1 aromatic heterocycles. The first-order chi connectivity index (χ1) is 9.09. The van der Waals surface area contributed by atoms with Crippen LogP contribution in [-0.4, -0.2) is 16.1 Å². The van der Waals surface area contributed by atoms with Gasteiger partial charge in [0.25, 0.3) is 0 Å². The van der Waals surface area contributed by atoms with Crippen LogP contribution in [0.1, 0.15) is 15.9 Å². The van der Waals surface area contributed by atoms with E-state index in [0.717, 1.165) is 0 Å². The fraction of sp³-hybridized carbons (Fsp3) is 0.0769. The average Bonchev–Trinajstić information content (AvgIpc) is 2.38. The second-order valence-electron chi connectivity index (χ2n) is 3.67. The molecule has 0 saturated heterocycles. The Bertz CT molecular complexity index is 598. The number of nitrogens with zero attached hydrogens (tertiary/aromatic N) is 1. The van der Waals surface area contributed by atoms with Crippen LogP contribution in [0.4, 0.5) is 4.39 Å². The maximum Gasteiger partial charge on any atom is 0.339 e. The fourth-order valence-electron chi connectivity index (χ4n) is 1.49. The first kappa shape index (κ1) is 13.3. The summed E-state index contributed by atoms with van der Waals surface area (Å²) >= 11 is 5.85. The second kappa shape index (κ2) is 5.67. The van der Waals surface area contributed by atoms with Gasteiger partial charge in [0.15, 0.2) is 5.75 Å². The third-order valence-electron chi connectivity index (χ3n) is 2.45. The normalized spacial score (nSPS) is 10.2. The highest BCUT2D eigenvalue weighted by atomic mass is 35.5. The molecule has 0 saturated carbocycles. The zero-order chi connectivity index (χ0) is 13.8. The van der Waals surface area contributed by atoms with Crippen molar-refractivity contribution in [2.75, 3.05) is 0 Å². The summed E-state index contributed by atoms with van der Waals surface area (Å²) in [6, 6.07) is 5.57. The minimum Gasteiger partial charge on any atom is -0.486 e. The van der Waals surface area contributed by atoms with Crippen LogP contribution in [-0.2, 0) is 6.61 Å². The molecule has 2 aromatic rings. The maximum absolute atomic E-state index is 13.5. The van der Waals surface area contributed by atoms with Gasteiger partial charge in [-0.3, -0.25) is 4.98 Å². The number of carbonyl (C=O) groups is 1. The second-order valence-corrected chi connectivity index (χ2v) is 4.07. The van der Waals surface area contributed by atoms with Crippen LogP contribution in [0.3, 0.4) is 0 Å². The number of carboxylic acid groups (broad SMARTS) is 1. The van der Waals surface area contributed by atoms with Gasteiger partial charge in [-0.2, -0.15) is 0 Å². The molecule has 0 aliphatic carbocycles. The van der Waals surface area contributed by atoms with E-state index >= 15 is 0 Å². The number of hydrogen-bond acceptors (Lipinski definition) is 3. The summed E-state index contributed by atoms with van der Waals surface area (Å²) in [6.45, 7) is -0.169. The molecular formula is C13H9ClFNO3. The Kier molecular flexibility index (Phi) is 3.97. The van der Waals surface area contributed by atoms with Crippen molar-refractivity contribution in [3.8, 4) is 5.75 Å². The molecule has 98 valence electrons. The van der Waals surface area contributed by atoms with E-state index in [9.17, 15) is 9.18 Å². The summed E-state index contributed by atoms with van der Waals surface area (Å²) in [4.78, 5) is 14.7. The molecule has 4 nitrogen and oxygen atoms in total. The van der Waals surface area contributed by atoms with Crippen molar-refractivity contribution in [1.29, 1.82) is 0 Å². The topological polar surface area (TPSA) is 59.4 Å². The average molecular weight is 282 g/mol. The van der Waals surface area contributed by atoms with Crippen molar-refractivity contribution in [3.05, 3.63) is 58.6 Å². The lowest BCUT2D eigenvalue weighted by Gasteiger charge is -2.10. The van der Waals surface area contributed by atoms with Crippen LogP contribution >= 0.6 is 11.6 Å². The summed E-state index contributed by atoms with van der Waals surface area (Å²) in [5, 5.41) is 9.19. The highest BCUT2D eigenvalue weighted by Crippen LogP contribution is 2.23. The number of carboxylic acids is 1. The summed E-state index contributed by atoms with van der Waals surface area (Å²) in [7, 11) is 0. The molecule has 0 aliphatic rings. The molecule has 1 aromatic carbocycles. The molecule has 1 N–H and O–H groups in total. The number of pyridine rings is 1. The monoisotopic (exact) mass is 281 g/mol. The zero-order valence-corrected chi connectivity index (χ0v) is 10.4. The number of rotatable bonds is 4. The van der Waals surface area contributed by atoms with Gasteiger partial charge in [-0.05, 0) is 18.2 Å². The van der Waals surface area contributed by atoms with Crippen molar-refractivity contribution in [2.24, 2.45) is 0 Å². The summed E-state index contributed by atoms with van der Waals surface area (Å²) in [6.07, 6.45) is 2.60. The van der Waals surface area contributed by atoms with E-state index in [1.807, 2.05) is 0 Å². The van der Waals surface area contributed by atoms with Gasteiger partial charge in [0.2, 0.25) is 0 Å². The minimum atomic E-state index is -1.14. The van der Waals surface area contributed by atoms with Crippen LogP contribution < -0.4 is 4.74 Å². The Morgan fingerprint density at radius 1 is 1.42 bits per heavy atom. The van der Waals surface area contributed by atoms with E-state index in [1.54, 1.807) is 0 Å². The molecule has 0 unspecified atom stereocenters. The third-order valence-corrected chi connectivity index (χ3v) is 2.80. The van der Waals surface area contributed by atoms with Gasteiger partial charge >= 0.3 is 5.97 Å². The molecular weight excluding hydrogens is 273 g/mol. The maximum atomic E-state index is 13.5. The fourth-order valence-corrected chi connectivity index (χ4v) is 1.71. The predicted molar refractivity (Wildman–Crippen MR) is 66.9 cm³/mol. The van der Waals surface area contributed by atoms with Crippen LogP contribution in [0, 0.1) is 5.82 Å². The molecule has 0 amide bonds. The highest BCUT2D eigenvalue weighted by Gasteiger charge is 2.13. The molecule has 0 atom stereocenters. The van der Waals surface area contributed by atoms with E-state index in [2.05, 4.69) is 4.98 Å². The van der Waals surface area contributed by atoms with Gasteiger partial charge in [0.1, 0.15) is 18.0 Å². The number of aromatic carboxylic acids is 1. The van der Waals surface area contributed by atoms with Crippen LogP contribution in [0.25, 0.3) is 0 Å². The minimum absolute atomic E-state index is 0.0394. The Hall–Kier alpha value is -2.14. The van der Waals surface area contributed by atoms with E-state index in [4.69, 9.17) is 21.4 Å². The molecule has 0 fully saturated rings. The van der Waals surface area contributed by atoms with Crippen LogP contribution in [0.2, 0.25) is 5.02 Å². The zero-order valence-electron chi connectivity index (χ0n) is 9.64. The van der Waals surface area contributed by atoms with Crippen molar-refractivity contribution in [3.63, 3.8) is 0 Å². The molecule has 19 heavy (non-hydrogen) atoms. The van der Waals surface area contributed by atoms with Gasteiger partial charge in [0, 0.05) is 11.8 Å². The van der Waals surface area contributed by atoms with Gasteiger partial charge < -0.3 is 9.84 Å². The summed E-state index contributed by atoms with van der Waals surface area (Å²) in [5.74, 6) is -1.58. The lowest BCUT2D eigenvalue weighted by Crippen LogP contribution is -2.05. The van der Waals surface area contributed by atoms with Gasteiger partial charge in [-0.15, -0.1) is 0 Å². The van der Waals surface area contributed by atoms with Gasteiger partial charge in [0.05, 0.1) is 11.2 Å². The SMILES string of the molecule is O=C(O)c1ccncc1OCc1c(F)cccc1Cl. The van der Waals surface area contributed by atoms with Crippen molar-refractivity contribution < 1.29 is 19.0 Å². The van der Waals surface area contributed by atoms with E-state index in [0.29, 0.717) is 0 Å². The third kappa shape index (κ3) is 3.00. The van der Waals surface area contributed by atoms with Gasteiger partial charge in [-0.25, -0.2) is 9.18 Å². The number of hydrogen-bond donors (Lipinski definition) is 1. The first-order valence-electron chi connectivity index (χ1n) is 5.32. The van der Waals surface area contributed by atoms with E-state index < -0.39 is 11.8 Å². The quantitative estimate of drug-likeness (QED) is 0.935. The number of halogens is 2. The molecule has 0 radical (unpaired) electrons. The molecule has 1 heterocycles. The Labute approximate surface area is 113 Å². The molecule has 0 spiro atoms. The first-order valence-corrected chi connectivity index (χ1v) is 5.70.